The molecule has 0 saturated carbocycles. The summed E-state index contributed by atoms with van der Waals surface area (Å²) in [4.78, 5) is 23.8. The van der Waals surface area contributed by atoms with E-state index in [0.29, 0.717) is 5.54 Å². The van der Waals surface area contributed by atoms with Gasteiger partial charge in [0.25, 0.3) is 11.8 Å². The van der Waals surface area contributed by atoms with Gasteiger partial charge in [-0.25, -0.2) is 4.39 Å². The minimum atomic E-state index is -4.82. The van der Waals surface area contributed by atoms with E-state index in [2.05, 4.69) is 28.5 Å². The fourth-order valence-corrected chi connectivity index (χ4v) is 2.05. The highest BCUT2D eigenvalue weighted by molar-refractivity contribution is 6.25. The van der Waals surface area contributed by atoms with Crippen LogP contribution in [0.1, 0.15) is 16.8 Å². The van der Waals surface area contributed by atoms with Crippen molar-refractivity contribution >= 4 is 23.4 Å². The lowest BCUT2D eigenvalue weighted by Crippen LogP contribution is -2.30. The summed E-state index contributed by atoms with van der Waals surface area (Å²) in [6.45, 7) is 6.77. The summed E-state index contributed by atoms with van der Waals surface area (Å²) >= 11 is 5.18. The van der Waals surface area contributed by atoms with Gasteiger partial charge in [-0.3, -0.25) is 9.59 Å². The van der Waals surface area contributed by atoms with E-state index in [1.54, 1.807) is 0 Å². The van der Waals surface area contributed by atoms with Crippen LogP contribution in [0.2, 0.25) is 0 Å². The van der Waals surface area contributed by atoms with Crippen LogP contribution >= 0.6 is 11.6 Å². The normalized spacial score (nSPS) is 12.0. The number of rotatable bonds is 11. The number of ether oxygens (including phenoxy) is 2. The second-order valence-corrected chi connectivity index (χ2v) is 5.98. The van der Waals surface area contributed by atoms with E-state index in [9.17, 15) is 27.2 Å². The van der Waals surface area contributed by atoms with Crippen LogP contribution in [0.3, 0.4) is 0 Å². The van der Waals surface area contributed by atoms with Crippen LogP contribution in [0.15, 0.2) is 72.4 Å². The smallest absolute Gasteiger partial charge is 0.484 e. The highest BCUT2D eigenvalue weighted by Gasteiger charge is 2.31. The molecule has 1 aromatic rings. The average Bonchev–Trinajstić information content (AvgIpc) is 2.70. The maximum absolute atomic E-state index is 13.0. The molecule has 2 amide bonds. The van der Waals surface area contributed by atoms with Crippen molar-refractivity contribution in [3.8, 4) is 5.75 Å². The SMILES string of the molecule is C=C/C(=C\C(F)=C\Cl)OCC(=O)NCCC(=C)NC(=O)c1ccc(OC(F)(F)F)cc1. The van der Waals surface area contributed by atoms with Gasteiger partial charge in [-0.05, 0) is 30.3 Å². The molecule has 0 aliphatic rings. The molecule has 0 heterocycles. The molecule has 11 heteroatoms. The molecule has 0 aliphatic carbocycles. The number of carbonyl (C=O) groups is 2. The van der Waals surface area contributed by atoms with E-state index in [1.807, 2.05) is 0 Å². The summed E-state index contributed by atoms with van der Waals surface area (Å²) in [5.74, 6) is -2.32. The zero-order valence-corrected chi connectivity index (χ0v) is 16.9. The van der Waals surface area contributed by atoms with Gasteiger partial charge in [0.05, 0.1) is 0 Å². The molecule has 1 rings (SSSR count). The van der Waals surface area contributed by atoms with Gasteiger partial charge in [0.2, 0.25) is 0 Å². The third-order valence-electron chi connectivity index (χ3n) is 3.34. The number of allylic oxidation sites excluding steroid dienone is 3. The molecule has 0 radical (unpaired) electrons. The number of amides is 2. The lowest BCUT2D eigenvalue weighted by atomic mass is 10.2. The summed E-state index contributed by atoms with van der Waals surface area (Å²) in [6, 6.07) is 4.34. The summed E-state index contributed by atoms with van der Waals surface area (Å²) < 4.78 is 58.2. The van der Waals surface area contributed by atoms with Gasteiger partial charge in [-0.15, -0.1) is 13.2 Å². The Labute approximate surface area is 180 Å². The van der Waals surface area contributed by atoms with Gasteiger partial charge >= 0.3 is 6.36 Å². The molecule has 0 aromatic heterocycles. The fraction of sp³-hybridized carbons (Fsp3) is 0.200. The number of halogens is 5. The Morgan fingerprint density at radius 1 is 1.19 bits per heavy atom. The van der Waals surface area contributed by atoms with Crippen molar-refractivity contribution in [1.29, 1.82) is 0 Å². The molecule has 0 fully saturated rings. The lowest BCUT2D eigenvalue weighted by molar-refractivity contribution is -0.274. The number of hydrogen-bond donors (Lipinski definition) is 2. The highest BCUT2D eigenvalue weighted by atomic mass is 35.5. The molecule has 0 spiro atoms. The van der Waals surface area contributed by atoms with E-state index < -0.39 is 36.4 Å². The standard InChI is InChI=1S/C20H19ClF4N2O4/c1-3-16(10-15(22)11-21)30-12-18(28)26-9-8-13(2)27-19(29)14-4-6-17(7-5-14)31-20(23,24)25/h3-7,10-11H,1-2,8-9,12H2,(H,26,28)(H,27,29)/b15-11-,16-10+. The van der Waals surface area contributed by atoms with Gasteiger partial charge in [0.15, 0.2) is 6.61 Å². The van der Waals surface area contributed by atoms with E-state index in [1.165, 1.54) is 6.08 Å². The van der Waals surface area contributed by atoms with Crippen LogP contribution in [0.4, 0.5) is 17.6 Å². The Morgan fingerprint density at radius 3 is 2.39 bits per heavy atom. The first-order chi connectivity index (χ1) is 14.5. The van der Waals surface area contributed by atoms with Crippen LogP contribution in [0, 0.1) is 0 Å². The number of alkyl halides is 3. The Bertz CT molecular complexity index is 865. The van der Waals surface area contributed by atoms with Crippen LogP contribution in [0.25, 0.3) is 0 Å². The summed E-state index contributed by atoms with van der Waals surface area (Å²) in [6.07, 6.45) is -2.49. The topological polar surface area (TPSA) is 76.7 Å². The number of nitrogens with one attached hydrogen (secondary N) is 2. The molecule has 31 heavy (non-hydrogen) atoms. The molecule has 0 saturated heterocycles. The van der Waals surface area contributed by atoms with Crippen molar-refractivity contribution in [2.24, 2.45) is 0 Å². The van der Waals surface area contributed by atoms with Crippen molar-refractivity contribution < 1.29 is 36.6 Å². The fourth-order valence-electron chi connectivity index (χ4n) is 1.98. The summed E-state index contributed by atoms with van der Waals surface area (Å²) in [5.41, 5.74) is 1.05. The van der Waals surface area contributed by atoms with Crippen molar-refractivity contribution in [2.75, 3.05) is 13.2 Å². The maximum atomic E-state index is 13.0. The molecule has 0 bridgehead atoms. The molecule has 168 valence electrons. The molecule has 0 unspecified atom stereocenters. The van der Waals surface area contributed by atoms with Gasteiger partial charge in [0.1, 0.15) is 17.3 Å². The van der Waals surface area contributed by atoms with Crippen LogP contribution in [-0.2, 0) is 9.53 Å². The van der Waals surface area contributed by atoms with E-state index in [4.69, 9.17) is 16.3 Å². The monoisotopic (exact) mass is 462 g/mol. The predicted molar refractivity (Wildman–Crippen MR) is 107 cm³/mol. The van der Waals surface area contributed by atoms with Crippen molar-refractivity contribution in [2.45, 2.75) is 12.8 Å². The number of carbonyl (C=O) groups excluding carboxylic acids is 2. The van der Waals surface area contributed by atoms with Crippen LogP contribution in [0.5, 0.6) is 5.75 Å². The Kier molecular flexibility index (Phi) is 10.3. The summed E-state index contributed by atoms with van der Waals surface area (Å²) in [7, 11) is 0. The number of benzene rings is 1. The first-order valence-electron chi connectivity index (χ1n) is 8.58. The Morgan fingerprint density at radius 2 is 1.84 bits per heavy atom. The van der Waals surface area contributed by atoms with Crippen molar-refractivity contribution in [1.82, 2.24) is 10.6 Å². The van der Waals surface area contributed by atoms with Crippen molar-refractivity contribution in [3.63, 3.8) is 0 Å². The molecule has 2 N–H and O–H groups in total. The minimum absolute atomic E-state index is 0.00729. The molecule has 0 aliphatic heterocycles. The van der Waals surface area contributed by atoms with Crippen molar-refractivity contribution in [3.05, 3.63) is 78.0 Å². The second kappa shape index (κ2) is 12.4. The number of hydrogen-bond acceptors (Lipinski definition) is 4. The lowest BCUT2D eigenvalue weighted by Gasteiger charge is -2.11. The van der Waals surface area contributed by atoms with Crippen LogP contribution < -0.4 is 15.4 Å². The predicted octanol–water partition coefficient (Wildman–Crippen LogP) is 4.47. The Hall–Kier alpha value is -3.27. The Balaban J connectivity index is 2.39. The molecular formula is C20H19ClF4N2O4. The van der Waals surface area contributed by atoms with Gasteiger partial charge in [-0.2, -0.15) is 0 Å². The van der Waals surface area contributed by atoms with E-state index in [0.717, 1.165) is 30.3 Å². The zero-order chi connectivity index (χ0) is 23.4. The third-order valence-corrected chi connectivity index (χ3v) is 3.55. The minimum Gasteiger partial charge on any atom is -0.484 e. The van der Waals surface area contributed by atoms with Gasteiger partial charge in [0, 0.05) is 35.8 Å². The zero-order valence-electron chi connectivity index (χ0n) is 16.1. The first kappa shape index (κ1) is 25.8. The molecule has 6 nitrogen and oxygen atoms in total. The summed E-state index contributed by atoms with van der Waals surface area (Å²) in [5, 5.41) is 4.97. The van der Waals surface area contributed by atoms with Crippen LogP contribution in [-0.4, -0.2) is 31.3 Å². The highest BCUT2D eigenvalue weighted by Crippen LogP contribution is 2.22. The van der Waals surface area contributed by atoms with Gasteiger partial charge < -0.3 is 20.1 Å². The van der Waals surface area contributed by atoms with E-state index in [-0.39, 0.29) is 30.0 Å². The first-order valence-corrected chi connectivity index (χ1v) is 9.02. The van der Waals surface area contributed by atoms with E-state index >= 15 is 0 Å². The quantitative estimate of drug-likeness (QED) is 0.289. The molecule has 0 atom stereocenters. The molecular weight excluding hydrogens is 444 g/mol. The maximum Gasteiger partial charge on any atom is 0.573 e. The van der Waals surface area contributed by atoms with Gasteiger partial charge in [-0.1, -0.05) is 24.8 Å². The molecule has 1 aromatic carbocycles. The largest absolute Gasteiger partial charge is 0.573 e. The second-order valence-electron chi connectivity index (χ2n) is 5.76. The third kappa shape index (κ3) is 10.9. The average molecular weight is 463 g/mol.